The lowest BCUT2D eigenvalue weighted by molar-refractivity contribution is 0.0147. The molecule has 1 aromatic heterocycles. The standard InChI is InChI=1S/C22H23BrN4O3/c1-29-18-8-6-16(7-9-18)20-15-30-13-12-26(20)22(28)25-21-10-11-24-27(21)14-17-4-2-3-5-19(17)23/h2-11,20H,12-15H2,1H3,(H,25,28). The van der Waals surface area contributed by atoms with E-state index in [1.54, 1.807) is 29.0 Å². The van der Waals surface area contributed by atoms with Crippen LogP contribution in [0.25, 0.3) is 0 Å². The molecule has 1 aliphatic rings. The molecule has 0 saturated carbocycles. The van der Waals surface area contributed by atoms with E-state index in [2.05, 4.69) is 26.3 Å². The Bertz CT molecular complexity index is 1010. The van der Waals surface area contributed by atoms with Gasteiger partial charge in [-0.3, -0.25) is 5.32 Å². The number of nitrogens with zero attached hydrogens (tertiary/aromatic N) is 3. The van der Waals surface area contributed by atoms with Crippen molar-refractivity contribution in [3.63, 3.8) is 0 Å². The molecule has 8 heteroatoms. The molecular weight excluding hydrogens is 448 g/mol. The van der Waals surface area contributed by atoms with Gasteiger partial charge in [0.15, 0.2) is 0 Å². The van der Waals surface area contributed by atoms with Gasteiger partial charge in [0.2, 0.25) is 0 Å². The number of benzene rings is 2. The van der Waals surface area contributed by atoms with Crippen LogP contribution in [0.15, 0.2) is 65.3 Å². The van der Waals surface area contributed by atoms with Gasteiger partial charge in [-0.2, -0.15) is 5.10 Å². The quantitative estimate of drug-likeness (QED) is 0.603. The van der Waals surface area contributed by atoms with E-state index in [1.165, 1.54) is 0 Å². The second-order valence-corrected chi connectivity index (χ2v) is 7.81. The average molecular weight is 471 g/mol. The smallest absolute Gasteiger partial charge is 0.323 e. The van der Waals surface area contributed by atoms with Gasteiger partial charge >= 0.3 is 6.03 Å². The first-order valence-corrected chi connectivity index (χ1v) is 10.5. The van der Waals surface area contributed by atoms with Crippen molar-refractivity contribution in [2.75, 3.05) is 32.2 Å². The number of hydrogen-bond donors (Lipinski definition) is 1. The molecule has 0 radical (unpaired) electrons. The Morgan fingerprint density at radius 1 is 1.23 bits per heavy atom. The first-order valence-electron chi connectivity index (χ1n) is 9.70. The van der Waals surface area contributed by atoms with Crippen molar-refractivity contribution in [3.8, 4) is 5.75 Å². The highest BCUT2D eigenvalue weighted by Gasteiger charge is 2.29. The lowest BCUT2D eigenvalue weighted by Crippen LogP contribution is -2.45. The van der Waals surface area contributed by atoms with Crippen molar-refractivity contribution in [1.29, 1.82) is 0 Å². The van der Waals surface area contributed by atoms with E-state index in [-0.39, 0.29) is 12.1 Å². The number of methoxy groups -OCH3 is 1. The van der Waals surface area contributed by atoms with E-state index in [9.17, 15) is 4.79 Å². The highest BCUT2D eigenvalue weighted by Crippen LogP contribution is 2.27. The van der Waals surface area contributed by atoms with Gasteiger partial charge in [0.1, 0.15) is 11.6 Å². The first-order chi connectivity index (χ1) is 14.7. The van der Waals surface area contributed by atoms with E-state index >= 15 is 0 Å². The summed E-state index contributed by atoms with van der Waals surface area (Å²) in [5.74, 6) is 1.43. The fraction of sp³-hybridized carbons (Fsp3) is 0.273. The molecule has 156 valence electrons. The molecule has 1 aliphatic heterocycles. The summed E-state index contributed by atoms with van der Waals surface area (Å²) in [5.41, 5.74) is 2.09. The SMILES string of the molecule is COc1ccc(C2COCCN2C(=O)Nc2ccnn2Cc2ccccc2Br)cc1. The van der Waals surface area contributed by atoms with Gasteiger partial charge in [-0.15, -0.1) is 0 Å². The van der Waals surface area contributed by atoms with Crippen LogP contribution < -0.4 is 10.1 Å². The summed E-state index contributed by atoms with van der Waals surface area (Å²) in [7, 11) is 1.63. The molecular formula is C22H23BrN4O3. The fourth-order valence-corrected chi connectivity index (χ4v) is 3.89. The fourth-order valence-electron chi connectivity index (χ4n) is 3.48. The predicted molar refractivity (Wildman–Crippen MR) is 118 cm³/mol. The van der Waals surface area contributed by atoms with Gasteiger partial charge in [-0.05, 0) is 29.3 Å². The van der Waals surface area contributed by atoms with Crippen LogP contribution in [0.1, 0.15) is 17.2 Å². The number of carbonyl (C=O) groups is 1. The number of halogens is 1. The van der Waals surface area contributed by atoms with Crippen molar-refractivity contribution in [2.24, 2.45) is 0 Å². The number of aromatic nitrogens is 2. The van der Waals surface area contributed by atoms with Crippen LogP contribution in [0.4, 0.5) is 10.6 Å². The Balaban J connectivity index is 1.50. The van der Waals surface area contributed by atoms with Gasteiger partial charge in [-0.1, -0.05) is 46.3 Å². The highest BCUT2D eigenvalue weighted by atomic mass is 79.9. The molecule has 4 rings (SSSR count). The topological polar surface area (TPSA) is 68.6 Å². The summed E-state index contributed by atoms with van der Waals surface area (Å²) in [5, 5.41) is 7.39. The number of nitrogens with one attached hydrogen (secondary N) is 1. The largest absolute Gasteiger partial charge is 0.497 e. The molecule has 1 saturated heterocycles. The maximum absolute atomic E-state index is 13.1. The lowest BCUT2D eigenvalue weighted by atomic mass is 10.1. The molecule has 0 aliphatic carbocycles. The van der Waals surface area contributed by atoms with Crippen molar-refractivity contribution in [1.82, 2.24) is 14.7 Å². The molecule has 2 amide bonds. The normalized spacial score (nSPS) is 16.3. The average Bonchev–Trinajstić information content (AvgIpc) is 3.22. The molecule has 0 spiro atoms. The number of urea groups is 1. The zero-order chi connectivity index (χ0) is 20.9. The molecule has 1 atom stereocenters. The van der Waals surface area contributed by atoms with Crippen LogP contribution in [0.2, 0.25) is 0 Å². The van der Waals surface area contributed by atoms with E-state index in [4.69, 9.17) is 9.47 Å². The number of ether oxygens (including phenoxy) is 2. The van der Waals surface area contributed by atoms with Crippen molar-refractivity contribution in [2.45, 2.75) is 12.6 Å². The van der Waals surface area contributed by atoms with Crippen molar-refractivity contribution in [3.05, 3.63) is 76.4 Å². The number of amides is 2. The van der Waals surface area contributed by atoms with E-state index in [1.807, 2.05) is 48.5 Å². The van der Waals surface area contributed by atoms with E-state index in [0.717, 1.165) is 21.3 Å². The van der Waals surface area contributed by atoms with Crippen molar-refractivity contribution >= 4 is 27.8 Å². The third-order valence-electron chi connectivity index (χ3n) is 5.12. The van der Waals surface area contributed by atoms with Crippen LogP contribution >= 0.6 is 15.9 Å². The summed E-state index contributed by atoms with van der Waals surface area (Å²) in [6.45, 7) is 2.03. The number of rotatable bonds is 5. The predicted octanol–water partition coefficient (Wildman–Crippen LogP) is 4.31. The Kier molecular flexibility index (Phi) is 6.35. The second-order valence-electron chi connectivity index (χ2n) is 6.95. The third kappa shape index (κ3) is 4.49. The van der Waals surface area contributed by atoms with Gasteiger partial charge in [0.25, 0.3) is 0 Å². The number of anilines is 1. The van der Waals surface area contributed by atoms with Gasteiger partial charge in [0.05, 0.1) is 39.1 Å². The molecule has 1 unspecified atom stereocenters. The molecule has 2 aromatic carbocycles. The Hall–Kier alpha value is -2.84. The maximum Gasteiger partial charge on any atom is 0.323 e. The molecule has 0 bridgehead atoms. The van der Waals surface area contributed by atoms with Gasteiger partial charge in [0, 0.05) is 17.1 Å². The summed E-state index contributed by atoms with van der Waals surface area (Å²) in [6.07, 6.45) is 1.69. The molecule has 1 N–H and O–H groups in total. The Morgan fingerprint density at radius 2 is 2.03 bits per heavy atom. The van der Waals surface area contributed by atoms with Gasteiger partial charge in [-0.25, -0.2) is 9.48 Å². The number of hydrogen-bond acceptors (Lipinski definition) is 4. The minimum atomic E-state index is -0.173. The highest BCUT2D eigenvalue weighted by molar-refractivity contribution is 9.10. The summed E-state index contributed by atoms with van der Waals surface area (Å²) in [6, 6.07) is 17.2. The first kappa shape index (κ1) is 20.4. The number of carbonyl (C=O) groups excluding carboxylic acids is 1. The zero-order valence-electron chi connectivity index (χ0n) is 16.6. The zero-order valence-corrected chi connectivity index (χ0v) is 18.2. The van der Waals surface area contributed by atoms with Gasteiger partial charge < -0.3 is 14.4 Å². The lowest BCUT2D eigenvalue weighted by Gasteiger charge is -2.35. The van der Waals surface area contributed by atoms with Crippen LogP contribution in [-0.4, -0.2) is 47.6 Å². The Labute approximate surface area is 183 Å². The maximum atomic E-state index is 13.1. The van der Waals surface area contributed by atoms with E-state index in [0.29, 0.717) is 32.1 Å². The van der Waals surface area contributed by atoms with Crippen LogP contribution in [-0.2, 0) is 11.3 Å². The second kappa shape index (κ2) is 9.32. The summed E-state index contributed by atoms with van der Waals surface area (Å²) < 4.78 is 13.7. The minimum Gasteiger partial charge on any atom is -0.497 e. The number of morpholine rings is 1. The van der Waals surface area contributed by atoms with Crippen LogP contribution in [0, 0.1) is 0 Å². The monoisotopic (exact) mass is 470 g/mol. The summed E-state index contributed by atoms with van der Waals surface area (Å²) >= 11 is 3.56. The molecule has 7 nitrogen and oxygen atoms in total. The molecule has 30 heavy (non-hydrogen) atoms. The Morgan fingerprint density at radius 3 is 2.80 bits per heavy atom. The van der Waals surface area contributed by atoms with Crippen LogP contribution in [0.3, 0.4) is 0 Å². The molecule has 3 aromatic rings. The minimum absolute atomic E-state index is 0.163. The van der Waals surface area contributed by atoms with Crippen LogP contribution in [0.5, 0.6) is 5.75 Å². The summed E-state index contributed by atoms with van der Waals surface area (Å²) in [4.78, 5) is 14.9. The molecule has 2 heterocycles. The van der Waals surface area contributed by atoms with E-state index < -0.39 is 0 Å². The van der Waals surface area contributed by atoms with Crippen molar-refractivity contribution < 1.29 is 14.3 Å². The third-order valence-corrected chi connectivity index (χ3v) is 5.89. The molecule has 1 fully saturated rings.